The van der Waals surface area contributed by atoms with E-state index in [0.717, 1.165) is 112 Å². The molecule has 0 N–H and O–H groups in total. The summed E-state index contributed by atoms with van der Waals surface area (Å²) in [6.45, 7) is 71.6. The molecule has 6 aliphatic carbocycles. The van der Waals surface area contributed by atoms with E-state index in [0.29, 0.717) is 0 Å². The average molecular weight is 1100 g/mol. The van der Waals surface area contributed by atoms with Crippen molar-refractivity contribution < 1.29 is 0 Å². The molecule has 0 amide bonds. The third-order valence-corrected chi connectivity index (χ3v) is 17.9. The molecule has 6 aliphatic rings. The molecule has 78 heavy (non-hydrogen) atoms. The van der Waals surface area contributed by atoms with Gasteiger partial charge in [-0.1, -0.05) is 368 Å². The maximum atomic E-state index is 2.67. The van der Waals surface area contributed by atoms with Gasteiger partial charge in [0.1, 0.15) is 0 Å². The first-order valence-electron chi connectivity index (χ1n) is 36.4. The molecular formula is C78H166. The molecule has 0 bridgehead atoms. The maximum absolute atomic E-state index is 2.67. The first kappa shape index (κ1) is 89.0. The largest absolute Gasteiger partial charge is 0.0819 e. The minimum Gasteiger partial charge on any atom is -0.0819 e. The van der Waals surface area contributed by atoms with Crippen LogP contribution in [0.3, 0.4) is 0 Å². The molecule has 0 nitrogen and oxygen atoms in total. The molecule has 0 spiro atoms. The highest BCUT2D eigenvalue weighted by Crippen LogP contribution is 2.49. The lowest BCUT2D eigenvalue weighted by molar-refractivity contribution is 0.0609. The van der Waals surface area contributed by atoms with Crippen molar-refractivity contribution in [2.24, 2.45) is 112 Å². The zero-order valence-electron chi connectivity index (χ0n) is 61.7. The van der Waals surface area contributed by atoms with E-state index in [-0.39, 0.29) is 0 Å². The fraction of sp³-hybridized carbons (Fsp3) is 0.974. The molecule has 0 saturated heterocycles. The van der Waals surface area contributed by atoms with Gasteiger partial charge in [-0.25, -0.2) is 0 Å². The molecule has 0 heterocycles. The van der Waals surface area contributed by atoms with Crippen molar-refractivity contribution >= 4 is 0 Å². The third-order valence-electron chi connectivity index (χ3n) is 17.9. The third kappa shape index (κ3) is 50.3. The van der Waals surface area contributed by atoms with Crippen molar-refractivity contribution in [2.45, 2.75) is 382 Å². The summed E-state index contributed by atoms with van der Waals surface area (Å²) >= 11 is 0. The van der Waals surface area contributed by atoms with E-state index in [9.17, 15) is 0 Å². The summed E-state index contributed by atoms with van der Waals surface area (Å²) in [5.41, 5.74) is 1.65. The van der Waals surface area contributed by atoms with Crippen LogP contribution in [0.15, 0.2) is 11.6 Å². The number of rotatable bonds is 7. The van der Waals surface area contributed by atoms with Crippen LogP contribution in [0.1, 0.15) is 382 Å². The molecule has 0 aromatic rings. The lowest BCUT2D eigenvalue weighted by Gasteiger charge is -2.46. The van der Waals surface area contributed by atoms with Crippen molar-refractivity contribution in [3.8, 4) is 0 Å². The molecule has 5 fully saturated rings. The predicted molar refractivity (Wildman–Crippen MR) is 371 cm³/mol. The van der Waals surface area contributed by atoms with Crippen molar-refractivity contribution in [3.05, 3.63) is 11.6 Å². The van der Waals surface area contributed by atoms with Crippen LogP contribution in [0.4, 0.5) is 0 Å². The van der Waals surface area contributed by atoms with Crippen LogP contribution in [0, 0.1) is 112 Å². The standard InChI is InChI=1S/C19H34.C10H20.3C9H18.4C4H10.3C2H6/c1-7-17-15(5)9-13(3)11-19(17)18-10-12(2)8-14(4)16(18)6;1-3-9-7-5-6-8-10(9)4-2;3*1-3-9-7-5-4-6-8(9)2;4*1-4(2)3;3*1-2/h11-12,14-19H,7-10H2,1-6H3;9-10H,3-8H2,1-2H3;3*8-9H,3-7H2,1-2H3;4*4H,1-3H3;3*1-2H3. The summed E-state index contributed by atoms with van der Waals surface area (Å²) in [5, 5.41) is 0. The Labute approximate surface area is 503 Å². The zero-order valence-corrected chi connectivity index (χ0v) is 61.7. The van der Waals surface area contributed by atoms with Gasteiger partial charge in [0, 0.05) is 0 Å². The molecule has 15 unspecified atom stereocenters. The van der Waals surface area contributed by atoms with Crippen LogP contribution in [-0.2, 0) is 0 Å². The molecule has 5 saturated carbocycles. The predicted octanol–water partition coefficient (Wildman–Crippen LogP) is 28.9. The number of allylic oxidation sites excluding steroid dienone is 2. The highest BCUT2D eigenvalue weighted by atomic mass is 14.5. The van der Waals surface area contributed by atoms with Gasteiger partial charge in [0.25, 0.3) is 0 Å². The van der Waals surface area contributed by atoms with Crippen molar-refractivity contribution in [2.75, 3.05) is 0 Å². The van der Waals surface area contributed by atoms with Crippen LogP contribution < -0.4 is 0 Å². The summed E-state index contributed by atoms with van der Waals surface area (Å²) in [4.78, 5) is 0. The van der Waals surface area contributed by atoms with E-state index in [2.05, 4.69) is 186 Å². The molecular weight excluding hydrogens is 937 g/mol. The van der Waals surface area contributed by atoms with Gasteiger partial charge >= 0.3 is 0 Å². The van der Waals surface area contributed by atoms with E-state index < -0.39 is 0 Å². The summed E-state index contributed by atoms with van der Waals surface area (Å²) in [5.74, 6) is 18.0. The first-order valence-corrected chi connectivity index (χ1v) is 36.4. The summed E-state index contributed by atoms with van der Waals surface area (Å²) < 4.78 is 0. The quantitative estimate of drug-likeness (QED) is 0.223. The Kier molecular flexibility index (Phi) is 68.3. The van der Waals surface area contributed by atoms with Gasteiger partial charge in [0.2, 0.25) is 0 Å². The van der Waals surface area contributed by atoms with Crippen molar-refractivity contribution in [1.29, 1.82) is 0 Å². The van der Waals surface area contributed by atoms with Crippen LogP contribution in [0.5, 0.6) is 0 Å². The van der Waals surface area contributed by atoms with E-state index >= 15 is 0 Å². The Bertz CT molecular complexity index is 1060. The van der Waals surface area contributed by atoms with E-state index in [1.807, 2.05) is 41.5 Å². The Morgan fingerprint density at radius 1 is 0.346 bits per heavy atom. The molecule has 15 atom stereocenters. The van der Waals surface area contributed by atoms with Crippen LogP contribution in [0.2, 0.25) is 0 Å². The second kappa shape index (κ2) is 59.9. The van der Waals surface area contributed by atoms with Gasteiger partial charge in [0.15, 0.2) is 0 Å². The minimum atomic E-state index is 0.833. The molecule has 6 rings (SSSR count). The van der Waals surface area contributed by atoms with Crippen molar-refractivity contribution in [1.82, 2.24) is 0 Å². The summed E-state index contributed by atoms with van der Waals surface area (Å²) in [6, 6.07) is 0. The molecule has 0 heteroatoms. The minimum absolute atomic E-state index is 0.833. The molecule has 478 valence electrons. The van der Waals surface area contributed by atoms with Gasteiger partial charge in [0.05, 0.1) is 0 Å². The van der Waals surface area contributed by atoms with Crippen molar-refractivity contribution in [3.63, 3.8) is 0 Å². The lowest BCUT2D eigenvalue weighted by atomic mass is 9.59. The maximum Gasteiger partial charge on any atom is -0.0169 e. The Hall–Kier alpha value is -0.260. The van der Waals surface area contributed by atoms with Crippen LogP contribution >= 0.6 is 0 Å². The van der Waals surface area contributed by atoms with Crippen LogP contribution in [-0.4, -0.2) is 0 Å². The second-order valence-corrected chi connectivity index (χ2v) is 28.8. The molecule has 0 radical (unpaired) electrons. The lowest BCUT2D eigenvalue weighted by Crippen LogP contribution is -2.38. The zero-order chi connectivity index (χ0) is 61.9. The molecule has 0 aromatic heterocycles. The van der Waals surface area contributed by atoms with E-state index in [1.54, 1.807) is 5.57 Å². The summed E-state index contributed by atoms with van der Waals surface area (Å²) in [6.07, 6.45) is 39.2. The van der Waals surface area contributed by atoms with Gasteiger partial charge in [-0.2, -0.15) is 0 Å². The average Bonchev–Trinajstić information content (AvgIpc) is 3.39. The normalized spacial score (nSPS) is 30.8. The van der Waals surface area contributed by atoms with E-state index in [1.165, 1.54) is 161 Å². The Morgan fingerprint density at radius 2 is 0.603 bits per heavy atom. The Morgan fingerprint density at radius 3 is 0.833 bits per heavy atom. The molecule has 0 aliphatic heterocycles. The number of hydrogen-bond donors (Lipinski definition) is 0. The van der Waals surface area contributed by atoms with Crippen LogP contribution in [0.25, 0.3) is 0 Å². The fourth-order valence-electron chi connectivity index (χ4n) is 13.6. The molecule has 0 aromatic carbocycles. The van der Waals surface area contributed by atoms with Gasteiger partial charge in [-0.05, 0) is 139 Å². The van der Waals surface area contributed by atoms with Gasteiger partial charge in [-0.3, -0.25) is 0 Å². The fourth-order valence-corrected chi connectivity index (χ4v) is 13.6. The highest BCUT2D eigenvalue weighted by Gasteiger charge is 2.40. The monoisotopic (exact) mass is 1100 g/mol. The summed E-state index contributed by atoms with van der Waals surface area (Å²) in [7, 11) is 0. The topological polar surface area (TPSA) is 0 Å². The second-order valence-electron chi connectivity index (χ2n) is 28.8. The SMILES string of the molecule is CC.CC.CC.CC(C)C.CC(C)C.CC(C)C.CC(C)C.CCC1C(C)CC(C)=CC1C1CC(C)CC(C)C1C.CCC1CCCCC1C.CCC1CCCCC1C.CCC1CCCCC1C.CCC1CCCCC1CC. The smallest absolute Gasteiger partial charge is 0.0169 e. The van der Waals surface area contributed by atoms with E-state index in [4.69, 9.17) is 0 Å². The first-order chi connectivity index (χ1) is 36.8. The van der Waals surface area contributed by atoms with Gasteiger partial charge in [-0.15, -0.1) is 0 Å². The highest BCUT2D eigenvalue weighted by molar-refractivity contribution is 5.11. The Balaban J connectivity index is -0.000000194. The van der Waals surface area contributed by atoms with Gasteiger partial charge < -0.3 is 0 Å². The number of hydrogen-bond acceptors (Lipinski definition) is 0.